The van der Waals surface area contributed by atoms with Crippen molar-refractivity contribution in [2.24, 2.45) is 0 Å². The van der Waals surface area contributed by atoms with Crippen molar-refractivity contribution in [3.05, 3.63) is 28.2 Å². The van der Waals surface area contributed by atoms with E-state index in [0.717, 1.165) is 36.1 Å². The number of nitrogens with one attached hydrogen (secondary N) is 1. The van der Waals surface area contributed by atoms with Crippen molar-refractivity contribution in [2.45, 2.75) is 32.1 Å². The molecule has 1 N–H and O–H groups in total. The summed E-state index contributed by atoms with van der Waals surface area (Å²) in [5.74, 6) is 0. The molecule has 0 aliphatic carbocycles. The van der Waals surface area contributed by atoms with E-state index in [9.17, 15) is 8.42 Å². The van der Waals surface area contributed by atoms with Gasteiger partial charge in [0.1, 0.15) is 0 Å². The number of hydrogen-bond donors (Lipinski definition) is 1. The van der Waals surface area contributed by atoms with Gasteiger partial charge in [-0.1, -0.05) is 29.8 Å². The molecule has 0 saturated heterocycles. The van der Waals surface area contributed by atoms with Gasteiger partial charge in [0, 0.05) is 17.6 Å². The lowest BCUT2D eigenvalue weighted by Gasteiger charge is -2.19. The summed E-state index contributed by atoms with van der Waals surface area (Å²) >= 11 is 3.37. The first kappa shape index (κ1) is 17.6. The van der Waals surface area contributed by atoms with E-state index in [1.54, 1.807) is 18.2 Å². The molecule has 1 rings (SSSR count). The number of aryl methyl sites for hydroxylation is 1. The summed E-state index contributed by atoms with van der Waals surface area (Å²) in [5.41, 5.74) is 0.911. The van der Waals surface area contributed by atoms with Gasteiger partial charge in [0.05, 0.1) is 4.90 Å². The first-order valence-corrected chi connectivity index (χ1v) is 9.16. The molecule has 0 aliphatic heterocycles. The highest BCUT2D eigenvalue weighted by atomic mass is 79.9. The minimum absolute atomic E-state index is 0.316. The maximum Gasteiger partial charge on any atom is 0.240 e. The van der Waals surface area contributed by atoms with Crippen LogP contribution >= 0.6 is 15.9 Å². The molecule has 1 aromatic rings. The monoisotopic (exact) mass is 362 g/mol. The summed E-state index contributed by atoms with van der Waals surface area (Å²) in [6.45, 7) is 9.19. The Bertz CT molecular complexity index is 532. The fourth-order valence-electron chi connectivity index (χ4n) is 1.95. The fourth-order valence-corrected chi connectivity index (χ4v) is 3.30. The number of benzene rings is 1. The maximum absolute atomic E-state index is 12.2. The molecule has 0 amide bonds. The van der Waals surface area contributed by atoms with Crippen molar-refractivity contribution in [1.82, 2.24) is 9.62 Å². The van der Waals surface area contributed by atoms with Crippen molar-refractivity contribution in [3.63, 3.8) is 0 Å². The van der Waals surface area contributed by atoms with Gasteiger partial charge in [0.2, 0.25) is 10.0 Å². The summed E-state index contributed by atoms with van der Waals surface area (Å²) in [4.78, 5) is 2.55. The molecule has 4 nitrogen and oxygen atoms in total. The topological polar surface area (TPSA) is 49.4 Å². The SMILES string of the molecule is CCCN(CC)CCNS(=O)(=O)c1ccc(Br)c(C)c1. The molecule has 0 aliphatic rings. The summed E-state index contributed by atoms with van der Waals surface area (Å²) in [6, 6.07) is 5.05. The molecule has 6 heteroatoms. The number of likely N-dealkylation sites (N-methyl/N-ethyl adjacent to an activating group) is 1. The standard InChI is InChI=1S/C14H23BrN2O2S/c1-4-9-17(5-2)10-8-16-20(18,19)13-6-7-14(15)12(3)11-13/h6-7,11,16H,4-5,8-10H2,1-3H3. The first-order chi connectivity index (χ1) is 9.40. The quantitative estimate of drug-likeness (QED) is 0.773. The van der Waals surface area contributed by atoms with E-state index in [1.807, 2.05) is 6.92 Å². The lowest BCUT2D eigenvalue weighted by atomic mass is 10.2. The lowest BCUT2D eigenvalue weighted by molar-refractivity contribution is 0.293. The van der Waals surface area contributed by atoms with Crippen LogP contribution in [-0.2, 0) is 10.0 Å². The van der Waals surface area contributed by atoms with Gasteiger partial charge in [-0.05, 0) is 50.2 Å². The second-order valence-electron chi connectivity index (χ2n) is 4.74. The molecule has 0 unspecified atom stereocenters. The highest BCUT2D eigenvalue weighted by Crippen LogP contribution is 2.19. The number of halogens is 1. The van der Waals surface area contributed by atoms with Crippen LogP contribution in [0.5, 0.6) is 0 Å². The third-order valence-electron chi connectivity index (χ3n) is 3.15. The number of nitrogens with zero attached hydrogens (tertiary/aromatic N) is 1. The Hall–Kier alpha value is -0.430. The van der Waals surface area contributed by atoms with Gasteiger partial charge in [-0.25, -0.2) is 13.1 Å². The Labute approximate surface area is 130 Å². The molecule has 1 aromatic carbocycles. The first-order valence-electron chi connectivity index (χ1n) is 6.89. The normalized spacial score (nSPS) is 12.1. The molecular formula is C14H23BrN2O2S. The molecule has 0 radical (unpaired) electrons. The van der Waals surface area contributed by atoms with Crippen molar-refractivity contribution < 1.29 is 8.42 Å². The smallest absolute Gasteiger partial charge is 0.240 e. The van der Waals surface area contributed by atoms with Gasteiger partial charge in [-0.15, -0.1) is 0 Å². The van der Waals surface area contributed by atoms with Gasteiger partial charge in [-0.3, -0.25) is 0 Å². The molecular weight excluding hydrogens is 340 g/mol. The lowest BCUT2D eigenvalue weighted by Crippen LogP contribution is -2.35. The molecule has 0 heterocycles. The van der Waals surface area contributed by atoms with Gasteiger partial charge < -0.3 is 4.90 Å². The molecule has 0 saturated carbocycles. The zero-order valence-electron chi connectivity index (χ0n) is 12.3. The average molecular weight is 363 g/mol. The van der Waals surface area contributed by atoms with Crippen LogP contribution in [0.3, 0.4) is 0 Å². The van der Waals surface area contributed by atoms with Gasteiger partial charge in [0.25, 0.3) is 0 Å². The molecule has 0 spiro atoms. The van der Waals surface area contributed by atoms with Gasteiger partial charge in [-0.2, -0.15) is 0 Å². The Morgan fingerprint density at radius 2 is 1.95 bits per heavy atom. The Morgan fingerprint density at radius 3 is 2.50 bits per heavy atom. The number of hydrogen-bond acceptors (Lipinski definition) is 3. The molecule has 20 heavy (non-hydrogen) atoms. The van der Waals surface area contributed by atoms with E-state index < -0.39 is 10.0 Å². The summed E-state index contributed by atoms with van der Waals surface area (Å²) in [6.07, 6.45) is 1.08. The van der Waals surface area contributed by atoms with Crippen molar-refractivity contribution in [2.75, 3.05) is 26.2 Å². The van der Waals surface area contributed by atoms with E-state index >= 15 is 0 Å². The third-order valence-corrected chi connectivity index (χ3v) is 5.50. The van der Waals surface area contributed by atoms with Crippen LogP contribution in [0.2, 0.25) is 0 Å². The molecule has 0 aromatic heterocycles. The van der Waals surface area contributed by atoms with Crippen molar-refractivity contribution in [3.8, 4) is 0 Å². The third kappa shape index (κ3) is 5.16. The summed E-state index contributed by atoms with van der Waals surface area (Å²) < 4.78 is 27.9. The van der Waals surface area contributed by atoms with E-state index in [1.165, 1.54) is 0 Å². The molecule has 0 bridgehead atoms. The van der Waals surface area contributed by atoms with Gasteiger partial charge in [0.15, 0.2) is 0 Å². The second-order valence-corrected chi connectivity index (χ2v) is 7.36. The van der Waals surface area contributed by atoms with Crippen LogP contribution in [0.4, 0.5) is 0 Å². The Balaban J connectivity index is 2.63. The largest absolute Gasteiger partial charge is 0.302 e. The van der Waals surface area contributed by atoms with E-state index in [0.29, 0.717) is 11.4 Å². The number of rotatable bonds is 8. The van der Waals surface area contributed by atoms with Gasteiger partial charge >= 0.3 is 0 Å². The molecule has 114 valence electrons. The zero-order chi connectivity index (χ0) is 15.2. The summed E-state index contributed by atoms with van der Waals surface area (Å²) in [7, 11) is -3.42. The van der Waals surface area contributed by atoms with Crippen LogP contribution in [0, 0.1) is 6.92 Å². The predicted molar refractivity (Wildman–Crippen MR) is 86.5 cm³/mol. The maximum atomic E-state index is 12.2. The van der Waals surface area contributed by atoms with Crippen molar-refractivity contribution in [1.29, 1.82) is 0 Å². The van der Waals surface area contributed by atoms with Crippen LogP contribution in [0.1, 0.15) is 25.8 Å². The molecule has 0 atom stereocenters. The Kier molecular flexibility index (Phi) is 7.15. The van der Waals surface area contributed by atoms with E-state index in [-0.39, 0.29) is 0 Å². The predicted octanol–water partition coefficient (Wildman–Crippen LogP) is 2.77. The average Bonchev–Trinajstić information content (AvgIpc) is 2.40. The highest BCUT2D eigenvalue weighted by molar-refractivity contribution is 9.10. The number of sulfonamides is 1. The minimum atomic E-state index is -3.42. The van der Waals surface area contributed by atoms with E-state index in [4.69, 9.17) is 0 Å². The summed E-state index contributed by atoms with van der Waals surface area (Å²) in [5, 5.41) is 0. The fraction of sp³-hybridized carbons (Fsp3) is 0.571. The van der Waals surface area contributed by atoms with Crippen LogP contribution in [0.15, 0.2) is 27.6 Å². The molecule has 0 fully saturated rings. The zero-order valence-corrected chi connectivity index (χ0v) is 14.7. The Morgan fingerprint density at radius 1 is 1.25 bits per heavy atom. The van der Waals surface area contributed by atoms with Crippen LogP contribution in [0.25, 0.3) is 0 Å². The minimum Gasteiger partial charge on any atom is -0.302 e. The second kappa shape index (κ2) is 8.12. The van der Waals surface area contributed by atoms with Crippen molar-refractivity contribution >= 4 is 26.0 Å². The van der Waals surface area contributed by atoms with Crippen LogP contribution in [-0.4, -0.2) is 39.5 Å². The van der Waals surface area contributed by atoms with E-state index in [2.05, 4.69) is 39.4 Å². The highest BCUT2D eigenvalue weighted by Gasteiger charge is 2.14. The van der Waals surface area contributed by atoms with Crippen LogP contribution < -0.4 is 4.72 Å².